The van der Waals surface area contributed by atoms with Gasteiger partial charge in [-0.05, 0) is 31.2 Å². The highest BCUT2D eigenvalue weighted by Crippen LogP contribution is 2.22. The van der Waals surface area contributed by atoms with E-state index in [1.54, 1.807) is 18.5 Å². The number of hydrogen-bond donors (Lipinski definition) is 1. The maximum Gasteiger partial charge on any atom is 0.253 e. The summed E-state index contributed by atoms with van der Waals surface area (Å²) in [6.45, 7) is 4.26. The number of rotatable bonds is 5. The van der Waals surface area contributed by atoms with Crippen molar-refractivity contribution in [3.63, 3.8) is 0 Å². The lowest BCUT2D eigenvalue weighted by Crippen LogP contribution is -2.48. The van der Waals surface area contributed by atoms with Crippen molar-refractivity contribution in [1.82, 2.24) is 24.0 Å². The molecule has 1 amide bonds. The van der Waals surface area contributed by atoms with E-state index >= 15 is 0 Å². The van der Waals surface area contributed by atoms with Gasteiger partial charge in [0.2, 0.25) is 10.0 Å². The number of pyridine rings is 1. The molecule has 1 aliphatic heterocycles. The molecule has 1 saturated heterocycles. The van der Waals surface area contributed by atoms with Crippen LogP contribution >= 0.6 is 0 Å². The topological polar surface area (TPSA) is 99.9 Å². The Morgan fingerprint density at radius 1 is 1.07 bits per heavy atom. The van der Waals surface area contributed by atoms with E-state index in [4.69, 9.17) is 0 Å². The van der Waals surface area contributed by atoms with Gasteiger partial charge in [-0.25, -0.2) is 8.42 Å². The number of carbonyl (C=O) groups is 1. The highest BCUT2D eigenvalue weighted by Gasteiger charge is 2.24. The van der Waals surface area contributed by atoms with E-state index < -0.39 is 10.0 Å². The Morgan fingerprint density at radius 3 is 2.47 bits per heavy atom. The average molecular weight is 429 g/mol. The number of aryl methyl sites for hydroxylation is 1. The predicted octanol–water partition coefficient (Wildman–Crippen LogP) is 1.05. The van der Waals surface area contributed by atoms with E-state index in [-0.39, 0.29) is 5.91 Å². The molecule has 1 fully saturated rings. The zero-order valence-electron chi connectivity index (χ0n) is 16.9. The Bertz CT molecular complexity index is 1160. The fraction of sp³-hybridized carbons (Fsp3) is 0.350. The molecule has 4 heterocycles. The minimum atomic E-state index is -3.17. The fourth-order valence-electron chi connectivity index (χ4n) is 3.51. The van der Waals surface area contributed by atoms with Gasteiger partial charge in [0.25, 0.3) is 5.91 Å². The molecule has 1 N–H and O–H groups in total. The van der Waals surface area contributed by atoms with Crippen LogP contribution in [0.4, 0.5) is 5.82 Å². The van der Waals surface area contributed by atoms with Gasteiger partial charge in [-0.3, -0.25) is 14.8 Å². The number of piperazine rings is 1. The van der Waals surface area contributed by atoms with Crippen LogP contribution in [0.15, 0.2) is 42.9 Å². The highest BCUT2D eigenvalue weighted by molar-refractivity contribution is 7.88. The van der Waals surface area contributed by atoms with Crippen molar-refractivity contribution >= 4 is 27.3 Å². The van der Waals surface area contributed by atoms with E-state index in [1.165, 1.54) is 10.6 Å². The zero-order chi connectivity index (χ0) is 21.3. The third kappa shape index (κ3) is 4.29. The highest BCUT2D eigenvalue weighted by atomic mass is 32.2. The molecule has 0 aliphatic carbocycles. The molecule has 158 valence electrons. The summed E-state index contributed by atoms with van der Waals surface area (Å²) in [5.41, 5.74) is 3.03. The third-order valence-corrected chi connectivity index (χ3v) is 6.49. The second kappa shape index (κ2) is 8.04. The first kappa shape index (κ1) is 20.3. The van der Waals surface area contributed by atoms with Crippen molar-refractivity contribution < 1.29 is 13.2 Å². The maximum atomic E-state index is 12.6. The molecule has 0 bridgehead atoms. The van der Waals surface area contributed by atoms with Gasteiger partial charge in [0.05, 0.1) is 35.9 Å². The van der Waals surface area contributed by atoms with E-state index in [0.29, 0.717) is 44.0 Å². The largest absolute Gasteiger partial charge is 0.355 e. The quantitative estimate of drug-likeness (QED) is 0.652. The molecule has 3 aromatic rings. The standard InChI is InChI=1S/C20H24N6O3S/c1-15-11-22-17(12-21-15)13-23-20(27)16-3-4-18-5-6-19(26(18)14-16)24-7-9-25(10-8-24)30(2,28)29/h3-6,11-12,14H,7-10,13H2,1-2H3,(H,23,27). The Labute approximate surface area is 175 Å². The predicted molar refractivity (Wildman–Crippen MR) is 114 cm³/mol. The van der Waals surface area contributed by atoms with Crippen LogP contribution in [0.5, 0.6) is 0 Å². The first-order valence-electron chi connectivity index (χ1n) is 9.68. The minimum Gasteiger partial charge on any atom is -0.355 e. The molecule has 0 saturated carbocycles. The lowest BCUT2D eigenvalue weighted by molar-refractivity contribution is 0.0950. The molecular formula is C20H24N6O3S. The van der Waals surface area contributed by atoms with Gasteiger partial charge < -0.3 is 14.6 Å². The van der Waals surface area contributed by atoms with Crippen LogP contribution in [-0.4, -0.2) is 65.4 Å². The molecule has 10 heteroatoms. The number of fused-ring (bicyclic) bond motifs is 1. The molecule has 4 rings (SSSR count). The number of nitrogens with one attached hydrogen (secondary N) is 1. The van der Waals surface area contributed by atoms with Gasteiger partial charge in [0, 0.05) is 44.1 Å². The summed E-state index contributed by atoms with van der Waals surface area (Å²) < 4.78 is 26.9. The van der Waals surface area contributed by atoms with E-state index in [2.05, 4.69) is 20.2 Å². The Balaban J connectivity index is 1.49. The van der Waals surface area contributed by atoms with E-state index in [0.717, 1.165) is 17.0 Å². The number of aromatic nitrogens is 3. The lowest BCUT2D eigenvalue weighted by Gasteiger charge is -2.34. The van der Waals surface area contributed by atoms with Gasteiger partial charge in [0.1, 0.15) is 5.82 Å². The first-order chi connectivity index (χ1) is 14.3. The molecule has 9 nitrogen and oxygen atoms in total. The lowest BCUT2D eigenvalue weighted by atomic mass is 10.2. The number of nitrogens with zero attached hydrogens (tertiary/aromatic N) is 5. The van der Waals surface area contributed by atoms with Gasteiger partial charge in [-0.1, -0.05) is 0 Å². The van der Waals surface area contributed by atoms with Gasteiger partial charge in [-0.2, -0.15) is 4.31 Å². The molecule has 0 aromatic carbocycles. The monoisotopic (exact) mass is 428 g/mol. The number of hydrogen-bond acceptors (Lipinski definition) is 6. The van der Waals surface area contributed by atoms with Crippen LogP contribution in [0, 0.1) is 6.92 Å². The molecular weight excluding hydrogens is 404 g/mol. The Hall–Kier alpha value is -2.98. The summed E-state index contributed by atoms with van der Waals surface area (Å²) >= 11 is 0. The zero-order valence-corrected chi connectivity index (χ0v) is 17.8. The normalized spacial score (nSPS) is 15.5. The van der Waals surface area contributed by atoms with Crippen LogP contribution < -0.4 is 10.2 Å². The second-order valence-corrected chi connectivity index (χ2v) is 9.37. The summed E-state index contributed by atoms with van der Waals surface area (Å²) in [6, 6.07) is 7.67. The molecule has 0 unspecified atom stereocenters. The van der Waals surface area contributed by atoms with Gasteiger partial charge >= 0.3 is 0 Å². The number of amides is 1. The molecule has 0 radical (unpaired) electrons. The summed E-state index contributed by atoms with van der Waals surface area (Å²) in [6.07, 6.45) is 6.37. The molecule has 3 aromatic heterocycles. The minimum absolute atomic E-state index is 0.194. The van der Waals surface area contributed by atoms with Crippen LogP contribution in [-0.2, 0) is 16.6 Å². The SMILES string of the molecule is Cc1cnc(CNC(=O)c2ccc3ccc(N4CCN(S(C)(=O)=O)CC4)n3c2)cn1. The van der Waals surface area contributed by atoms with Crippen molar-refractivity contribution in [3.8, 4) is 0 Å². The summed E-state index contributed by atoms with van der Waals surface area (Å²) in [7, 11) is -3.17. The molecule has 1 aliphatic rings. The van der Waals surface area contributed by atoms with E-state index in [9.17, 15) is 13.2 Å². The summed E-state index contributed by atoms with van der Waals surface area (Å²) in [5.74, 6) is 0.748. The van der Waals surface area contributed by atoms with Crippen molar-refractivity contribution in [2.45, 2.75) is 13.5 Å². The van der Waals surface area contributed by atoms with Gasteiger partial charge in [-0.15, -0.1) is 0 Å². The fourth-order valence-corrected chi connectivity index (χ4v) is 4.34. The average Bonchev–Trinajstić information content (AvgIpc) is 3.16. The third-order valence-electron chi connectivity index (χ3n) is 5.19. The smallest absolute Gasteiger partial charge is 0.253 e. The second-order valence-electron chi connectivity index (χ2n) is 7.39. The van der Waals surface area contributed by atoms with Crippen molar-refractivity contribution in [2.24, 2.45) is 0 Å². The molecule has 0 atom stereocenters. The Morgan fingerprint density at radius 2 is 1.80 bits per heavy atom. The van der Waals surface area contributed by atoms with Gasteiger partial charge in [0.15, 0.2) is 0 Å². The van der Waals surface area contributed by atoms with Crippen molar-refractivity contribution in [3.05, 3.63) is 59.8 Å². The van der Waals surface area contributed by atoms with Crippen molar-refractivity contribution in [2.75, 3.05) is 37.3 Å². The number of carbonyl (C=O) groups excluding carboxylic acids is 1. The number of anilines is 1. The first-order valence-corrected chi connectivity index (χ1v) is 11.5. The number of sulfonamides is 1. The molecule has 30 heavy (non-hydrogen) atoms. The summed E-state index contributed by atoms with van der Waals surface area (Å²) in [5, 5.41) is 2.87. The van der Waals surface area contributed by atoms with Crippen LogP contribution in [0.2, 0.25) is 0 Å². The van der Waals surface area contributed by atoms with E-state index in [1.807, 2.05) is 35.7 Å². The molecule has 0 spiro atoms. The Kier molecular flexibility index (Phi) is 5.44. The van der Waals surface area contributed by atoms with Crippen molar-refractivity contribution in [1.29, 1.82) is 0 Å². The maximum absolute atomic E-state index is 12.6. The van der Waals surface area contributed by atoms with Crippen LogP contribution in [0.25, 0.3) is 5.52 Å². The van der Waals surface area contributed by atoms with Crippen LogP contribution in [0.1, 0.15) is 21.7 Å². The summed E-state index contributed by atoms with van der Waals surface area (Å²) in [4.78, 5) is 23.2. The van der Waals surface area contributed by atoms with Crippen LogP contribution in [0.3, 0.4) is 0 Å².